The number of aromatic nitrogens is 2. The molecule has 0 saturated carbocycles. The molecule has 3 heterocycles. The highest BCUT2D eigenvalue weighted by atomic mass is 35.5. The summed E-state index contributed by atoms with van der Waals surface area (Å²) >= 11 is 13.4. The lowest BCUT2D eigenvalue weighted by molar-refractivity contribution is 0.0738. The highest BCUT2D eigenvalue weighted by Gasteiger charge is 2.46. The smallest absolute Gasteiger partial charge is 0.0636 e. The van der Waals surface area contributed by atoms with Crippen LogP contribution in [0.1, 0.15) is 48.9 Å². The molecule has 5 heteroatoms. The van der Waals surface area contributed by atoms with Crippen LogP contribution in [0.15, 0.2) is 67.0 Å². The van der Waals surface area contributed by atoms with Gasteiger partial charge in [-0.25, -0.2) is 0 Å². The van der Waals surface area contributed by atoms with Crippen LogP contribution in [-0.2, 0) is 0 Å². The molecule has 2 aromatic carbocycles. The summed E-state index contributed by atoms with van der Waals surface area (Å²) in [7, 11) is 0. The Kier molecular flexibility index (Phi) is 4.92. The molecule has 0 aliphatic carbocycles. The molecule has 2 bridgehead atoms. The SMILES string of the molecule is Clc1ccccc1C(c1ccccc1Cl)N1C2CCC1CC(n1cccn1)C2. The summed E-state index contributed by atoms with van der Waals surface area (Å²) < 4.78 is 2.14. The van der Waals surface area contributed by atoms with E-state index in [-0.39, 0.29) is 6.04 Å². The van der Waals surface area contributed by atoms with E-state index in [0.29, 0.717) is 18.1 Å². The van der Waals surface area contributed by atoms with E-state index in [9.17, 15) is 0 Å². The Morgan fingerprint density at radius 3 is 1.86 bits per heavy atom. The lowest BCUT2D eigenvalue weighted by atomic mass is 9.89. The molecule has 5 rings (SSSR count). The average Bonchev–Trinajstić information content (AvgIpc) is 3.32. The topological polar surface area (TPSA) is 21.1 Å². The van der Waals surface area contributed by atoms with Gasteiger partial charge in [0.1, 0.15) is 0 Å². The maximum absolute atomic E-state index is 6.68. The maximum Gasteiger partial charge on any atom is 0.0636 e. The molecule has 0 spiro atoms. The van der Waals surface area contributed by atoms with E-state index in [1.807, 2.05) is 36.5 Å². The van der Waals surface area contributed by atoms with Crippen LogP contribution in [0.4, 0.5) is 0 Å². The van der Waals surface area contributed by atoms with Gasteiger partial charge in [0.25, 0.3) is 0 Å². The third-order valence-corrected chi connectivity index (χ3v) is 7.05. The second kappa shape index (κ2) is 7.55. The summed E-state index contributed by atoms with van der Waals surface area (Å²) in [5.41, 5.74) is 2.29. The normalized spacial score (nSPS) is 24.8. The van der Waals surface area contributed by atoms with Crippen LogP contribution in [-0.4, -0.2) is 26.8 Å². The van der Waals surface area contributed by atoms with Crippen LogP contribution < -0.4 is 0 Å². The molecule has 3 nitrogen and oxygen atoms in total. The first-order chi connectivity index (χ1) is 13.7. The third kappa shape index (κ3) is 3.16. The van der Waals surface area contributed by atoms with Gasteiger partial charge in [0.15, 0.2) is 0 Å². The second-order valence-electron chi connectivity index (χ2n) is 7.89. The fourth-order valence-electron chi connectivity index (χ4n) is 5.20. The molecule has 2 atom stereocenters. The number of rotatable bonds is 4. The molecule has 0 radical (unpaired) electrons. The predicted octanol–water partition coefficient (Wildman–Crippen LogP) is 6.15. The summed E-state index contributed by atoms with van der Waals surface area (Å²) in [6.45, 7) is 0. The number of nitrogens with zero attached hydrogens (tertiary/aromatic N) is 3. The van der Waals surface area contributed by atoms with Crippen LogP contribution in [0.3, 0.4) is 0 Å². The van der Waals surface area contributed by atoms with Crippen molar-refractivity contribution in [1.82, 2.24) is 14.7 Å². The lowest BCUT2D eigenvalue weighted by Gasteiger charge is -2.44. The predicted molar refractivity (Wildman–Crippen MR) is 114 cm³/mol. The zero-order valence-corrected chi connectivity index (χ0v) is 17.1. The van der Waals surface area contributed by atoms with Gasteiger partial charge >= 0.3 is 0 Å². The Balaban J connectivity index is 1.56. The first kappa shape index (κ1) is 18.2. The Morgan fingerprint density at radius 1 is 0.786 bits per heavy atom. The Hall–Kier alpha value is -1.81. The van der Waals surface area contributed by atoms with E-state index in [1.54, 1.807) is 0 Å². The van der Waals surface area contributed by atoms with Crippen molar-refractivity contribution >= 4 is 23.2 Å². The van der Waals surface area contributed by atoms with Crippen molar-refractivity contribution in [3.8, 4) is 0 Å². The van der Waals surface area contributed by atoms with Crippen LogP contribution in [0.5, 0.6) is 0 Å². The summed E-state index contributed by atoms with van der Waals surface area (Å²) in [5.74, 6) is 0. The third-order valence-electron chi connectivity index (χ3n) is 6.36. The van der Waals surface area contributed by atoms with E-state index < -0.39 is 0 Å². The molecular formula is C23H23Cl2N3. The largest absolute Gasteiger partial charge is 0.286 e. The van der Waals surface area contributed by atoms with Gasteiger partial charge in [-0.3, -0.25) is 9.58 Å². The Bertz CT molecular complexity index is 896. The van der Waals surface area contributed by atoms with Gasteiger partial charge < -0.3 is 0 Å². The lowest BCUT2D eigenvalue weighted by Crippen LogP contribution is -2.46. The highest BCUT2D eigenvalue weighted by Crippen LogP contribution is 2.48. The molecule has 28 heavy (non-hydrogen) atoms. The first-order valence-electron chi connectivity index (χ1n) is 9.98. The minimum Gasteiger partial charge on any atom is -0.286 e. The molecular weight excluding hydrogens is 389 g/mol. The number of fused-ring (bicyclic) bond motifs is 2. The van der Waals surface area contributed by atoms with Crippen LogP contribution in [0.2, 0.25) is 10.0 Å². The zero-order chi connectivity index (χ0) is 19.1. The number of benzene rings is 2. The quantitative estimate of drug-likeness (QED) is 0.513. The Morgan fingerprint density at radius 2 is 1.36 bits per heavy atom. The summed E-state index contributed by atoms with van der Waals surface area (Å²) in [6.07, 6.45) is 8.64. The number of piperidine rings is 1. The number of hydrogen-bond donors (Lipinski definition) is 0. The van der Waals surface area contributed by atoms with Crippen molar-refractivity contribution in [1.29, 1.82) is 0 Å². The molecule has 3 aromatic rings. The molecule has 2 unspecified atom stereocenters. The number of hydrogen-bond acceptors (Lipinski definition) is 2. The summed E-state index contributed by atoms with van der Waals surface area (Å²) in [4.78, 5) is 2.68. The van der Waals surface area contributed by atoms with Crippen molar-refractivity contribution in [2.24, 2.45) is 0 Å². The molecule has 2 fully saturated rings. The molecule has 2 aliphatic rings. The van der Waals surface area contributed by atoms with E-state index in [2.05, 4.69) is 45.1 Å². The van der Waals surface area contributed by atoms with Gasteiger partial charge in [0.05, 0.1) is 12.1 Å². The zero-order valence-electron chi connectivity index (χ0n) is 15.6. The van der Waals surface area contributed by atoms with E-state index in [1.165, 1.54) is 12.8 Å². The number of halogens is 2. The summed E-state index contributed by atoms with van der Waals surface area (Å²) in [6, 6.07) is 20.0. The Labute approximate surface area is 175 Å². The van der Waals surface area contributed by atoms with Crippen molar-refractivity contribution in [2.45, 2.75) is 49.9 Å². The average molecular weight is 412 g/mol. The molecule has 0 amide bonds. The van der Waals surface area contributed by atoms with Gasteiger partial charge in [0.2, 0.25) is 0 Å². The first-order valence-corrected chi connectivity index (χ1v) is 10.7. The van der Waals surface area contributed by atoms with Gasteiger partial charge in [0, 0.05) is 34.5 Å². The molecule has 1 aromatic heterocycles. The van der Waals surface area contributed by atoms with Crippen LogP contribution in [0.25, 0.3) is 0 Å². The van der Waals surface area contributed by atoms with Gasteiger partial charge in [-0.2, -0.15) is 5.10 Å². The monoisotopic (exact) mass is 411 g/mol. The molecule has 0 N–H and O–H groups in total. The van der Waals surface area contributed by atoms with Crippen molar-refractivity contribution in [2.75, 3.05) is 0 Å². The van der Waals surface area contributed by atoms with Crippen molar-refractivity contribution < 1.29 is 0 Å². The van der Waals surface area contributed by atoms with Gasteiger partial charge in [-0.1, -0.05) is 59.6 Å². The van der Waals surface area contributed by atoms with E-state index in [0.717, 1.165) is 34.0 Å². The van der Waals surface area contributed by atoms with Gasteiger partial charge in [-0.05, 0) is 55.0 Å². The minimum absolute atomic E-state index is 0.0819. The minimum atomic E-state index is 0.0819. The van der Waals surface area contributed by atoms with E-state index >= 15 is 0 Å². The van der Waals surface area contributed by atoms with Crippen LogP contribution >= 0.6 is 23.2 Å². The van der Waals surface area contributed by atoms with Crippen molar-refractivity contribution in [3.05, 3.63) is 88.2 Å². The molecule has 2 saturated heterocycles. The van der Waals surface area contributed by atoms with Crippen molar-refractivity contribution in [3.63, 3.8) is 0 Å². The molecule has 144 valence electrons. The van der Waals surface area contributed by atoms with E-state index in [4.69, 9.17) is 23.2 Å². The van der Waals surface area contributed by atoms with Crippen LogP contribution in [0, 0.1) is 0 Å². The fourth-order valence-corrected chi connectivity index (χ4v) is 5.68. The van der Waals surface area contributed by atoms with Gasteiger partial charge in [-0.15, -0.1) is 0 Å². The maximum atomic E-state index is 6.68. The fraction of sp³-hybridized carbons (Fsp3) is 0.348. The standard InChI is InChI=1S/C23H23Cl2N3/c24-21-8-3-1-6-19(21)23(20-7-2-4-9-22(20)25)28-16-10-11-17(28)15-18(14-16)27-13-5-12-26-27/h1-9,12-13,16-18,23H,10-11,14-15H2. The second-order valence-corrected chi connectivity index (χ2v) is 8.70. The highest BCUT2D eigenvalue weighted by molar-refractivity contribution is 6.32. The molecule has 2 aliphatic heterocycles. The summed E-state index contributed by atoms with van der Waals surface area (Å²) in [5, 5.41) is 6.12.